The van der Waals surface area contributed by atoms with Gasteiger partial charge in [0.1, 0.15) is 12.4 Å². The smallest absolute Gasteiger partial charge is 0.246 e. The molecule has 0 saturated carbocycles. The zero-order valence-electron chi connectivity index (χ0n) is 18.9. The fourth-order valence-corrected chi connectivity index (χ4v) is 4.25. The van der Waals surface area contributed by atoms with E-state index in [0.717, 1.165) is 33.7 Å². The maximum absolute atomic E-state index is 12.6. The van der Waals surface area contributed by atoms with Crippen LogP contribution >= 0.6 is 11.6 Å². The van der Waals surface area contributed by atoms with E-state index in [0.29, 0.717) is 44.4 Å². The van der Waals surface area contributed by atoms with Gasteiger partial charge in [0.2, 0.25) is 11.8 Å². The number of nitrogens with one attached hydrogen (secondary N) is 1. The van der Waals surface area contributed by atoms with Crippen molar-refractivity contribution in [2.24, 2.45) is 0 Å². The number of carbonyl (C=O) groups is 2. The molecule has 6 nitrogen and oxygen atoms in total. The summed E-state index contributed by atoms with van der Waals surface area (Å²) in [6.45, 7) is 7.23. The van der Waals surface area contributed by atoms with E-state index in [9.17, 15) is 9.59 Å². The van der Waals surface area contributed by atoms with Gasteiger partial charge in [-0.3, -0.25) is 14.5 Å². The normalized spacial score (nSPS) is 16.2. The van der Waals surface area contributed by atoms with Gasteiger partial charge in [-0.25, -0.2) is 0 Å². The molecule has 0 bridgehead atoms. The Kier molecular flexibility index (Phi) is 7.16. The molecule has 0 aliphatic carbocycles. The number of piperazine rings is 1. The van der Waals surface area contributed by atoms with Crippen LogP contribution in [0.4, 0.5) is 5.69 Å². The number of aryl methyl sites for hydroxylation is 2. The number of hydrogen-bond donors (Lipinski definition) is 1. The van der Waals surface area contributed by atoms with Gasteiger partial charge in [-0.1, -0.05) is 35.9 Å². The lowest BCUT2D eigenvalue weighted by Crippen LogP contribution is -2.50. The van der Waals surface area contributed by atoms with Gasteiger partial charge in [-0.05, 0) is 54.8 Å². The van der Waals surface area contributed by atoms with Crippen molar-refractivity contribution in [2.75, 3.05) is 44.6 Å². The minimum absolute atomic E-state index is 0.0308. The van der Waals surface area contributed by atoms with Gasteiger partial charge in [0, 0.05) is 48.5 Å². The summed E-state index contributed by atoms with van der Waals surface area (Å²) in [7, 11) is 0. The quantitative estimate of drug-likeness (QED) is 0.676. The maximum atomic E-state index is 12.6. The fourth-order valence-electron chi connectivity index (χ4n) is 4.07. The summed E-state index contributed by atoms with van der Waals surface area (Å²) in [5, 5.41) is 3.68. The van der Waals surface area contributed by atoms with Crippen LogP contribution in [0.15, 0.2) is 54.1 Å². The molecule has 2 aromatic rings. The Morgan fingerprint density at radius 3 is 2.55 bits per heavy atom. The number of rotatable bonds is 5. The number of halogens is 1. The lowest BCUT2D eigenvalue weighted by molar-refractivity contribution is -0.128. The first-order chi connectivity index (χ1) is 15.9. The molecule has 1 fully saturated rings. The summed E-state index contributed by atoms with van der Waals surface area (Å²) in [4.78, 5) is 29.0. The van der Waals surface area contributed by atoms with Crippen LogP contribution in [0.3, 0.4) is 0 Å². The van der Waals surface area contributed by atoms with Gasteiger partial charge in [-0.15, -0.1) is 0 Å². The topological polar surface area (TPSA) is 61.9 Å². The third-order valence-corrected chi connectivity index (χ3v) is 6.18. The molecule has 0 radical (unpaired) electrons. The van der Waals surface area contributed by atoms with Crippen molar-refractivity contribution in [3.05, 3.63) is 75.8 Å². The molecule has 0 unspecified atom stereocenters. The average Bonchev–Trinajstić information content (AvgIpc) is 2.80. The van der Waals surface area contributed by atoms with Crippen LogP contribution in [0.1, 0.15) is 16.7 Å². The van der Waals surface area contributed by atoms with E-state index in [4.69, 9.17) is 16.3 Å². The van der Waals surface area contributed by atoms with Crippen molar-refractivity contribution in [3.63, 3.8) is 0 Å². The van der Waals surface area contributed by atoms with E-state index in [1.807, 2.05) is 55.2 Å². The van der Waals surface area contributed by atoms with E-state index in [-0.39, 0.29) is 11.8 Å². The van der Waals surface area contributed by atoms with E-state index >= 15 is 0 Å². The number of carbonyl (C=O) groups excluding carboxylic acids is 2. The zero-order valence-corrected chi connectivity index (χ0v) is 19.7. The first kappa shape index (κ1) is 23.1. The number of benzene rings is 2. The van der Waals surface area contributed by atoms with Crippen LogP contribution < -0.4 is 10.1 Å². The Morgan fingerprint density at radius 2 is 1.82 bits per heavy atom. The lowest BCUT2D eigenvalue weighted by atomic mass is 10.1. The van der Waals surface area contributed by atoms with Crippen LogP contribution in [-0.4, -0.2) is 60.9 Å². The fraction of sp³-hybridized carbons (Fsp3) is 0.308. The van der Waals surface area contributed by atoms with Crippen molar-refractivity contribution in [1.82, 2.24) is 9.80 Å². The van der Waals surface area contributed by atoms with Crippen molar-refractivity contribution in [1.29, 1.82) is 0 Å². The Bertz CT molecular complexity index is 1100. The van der Waals surface area contributed by atoms with Crippen LogP contribution in [0.2, 0.25) is 5.02 Å². The standard InChI is InChI=1S/C26H28ClN3O3/c1-18-4-3-5-19(2)26(18)28-24(31)16-29-10-12-30(13-11-29)25(32)9-6-20-14-21-15-22(27)7-8-23(21)33-17-20/h3-9,14-15H,10-13,16-17H2,1-2H3,(H,28,31)/b9-6+. The second kappa shape index (κ2) is 10.2. The van der Waals surface area contributed by atoms with Gasteiger partial charge >= 0.3 is 0 Å². The highest BCUT2D eigenvalue weighted by Gasteiger charge is 2.22. The van der Waals surface area contributed by atoms with E-state index in [1.165, 1.54) is 0 Å². The monoisotopic (exact) mass is 465 g/mol. The molecular weight excluding hydrogens is 438 g/mol. The molecule has 7 heteroatoms. The van der Waals surface area contributed by atoms with Crippen molar-refractivity contribution in [3.8, 4) is 5.75 Å². The molecule has 2 aromatic carbocycles. The highest BCUT2D eigenvalue weighted by molar-refractivity contribution is 6.30. The van der Waals surface area contributed by atoms with Crippen LogP contribution in [-0.2, 0) is 9.59 Å². The van der Waals surface area contributed by atoms with Gasteiger partial charge in [0.05, 0.1) is 6.54 Å². The summed E-state index contributed by atoms with van der Waals surface area (Å²) in [5.74, 6) is 0.727. The minimum atomic E-state index is -0.0348. The second-order valence-corrected chi connectivity index (χ2v) is 8.88. The number of para-hydroxylation sites is 1. The van der Waals surface area contributed by atoms with Crippen molar-refractivity contribution < 1.29 is 14.3 Å². The molecule has 0 atom stereocenters. The molecule has 1 saturated heterocycles. The van der Waals surface area contributed by atoms with Gasteiger partial charge < -0.3 is 15.0 Å². The number of amides is 2. The lowest BCUT2D eigenvalue weighted by Gasteiger charge is -2.33. The molecule has 2 heterocycles. The molecule has 1 N–H and O–H groups in total. The summed E-state index contributed by atoms with van der Waals surface area (Å²) in [5.41, 5.74) is 4.81. The first-order valence-corrected chi connectivity index (χ1v) is 11.4. The summed E-state index contributed by atoms with van der Waals surface area (Å²) < 4.78 is 5.73. The van der Waals surface area contributed by atoms with Crippen molar-refractivity contribution in [2.45, 2.75) is 13.8 Å². The van der Waals surface area contributed by atoms with Gasteiger partial charge in [-0.2, -0.15) is 0 Å². The van der Waals surface area contributed by atoms with Gasteiger partial charge in [0.15, 0.2) is 0 Å². The molecule has 33 heavy (non-hydrogen) atoms. The molecule has 2 aliphatic rings. The first-order valence-electron chi connectivity index (χ1n) is 11.1. The van der Waals surface area contributed by atoms with Crippen LogP contribution in [0.5, 0.6) is 5.75 Å². The second-order valence-electron chi connectivity index (χ2n) is 8.44. The average molecular weight is 466 g/mol. The van der Waals surface area contributed by atoms with Crippen LogP contribution in [0.25, 0.3) is 6.08 Å². The maximum Gasteiger partial charge on any atom is 0.246 e. The van der Waals surface area contributed by atoms with Gasteiger partial charge in [0.25, 0.3) is 0 Å². The zero-order chi connectivity index (χ0) is 23.4. The number of fused-ring (bicyclic) bond motifs is 1. The summed E-state index contributed by atoms with van der Waals surface area (Å²) >= 11 is 6.06. The molecule has 0 spiro atoms. The third kappa shape index (κ3) is 5.83. The number of nitrogens with zero attached hydrogens (tertiary/aromatic N) is 2. The molecule has 4 rings (SSSR count). The molecule has 2 aliphatic heterocycles. The van der Waals surface area contributed by atoms with Crippen molar-refractivity contribution >= 4 is 35.2 Å². The number of anilines is 1. The highest BCUT2D eigenvalue weighted by Crippen LogP contribution is 2.29. The SMILES string of the molecule is Cc1cccc(C)c1NC(=O)CN1CCN(C(=O)/C=C/C2=Cc3cc(Cl)ccc3OC2)CC1. The third-order valence-electron chi connectivity index (χ3n) is 5.94. The number of hydrogen-bond acceptors (Lipinski definition) is 4. The molecule has 172 valence electrons. The highest BCUT2D eigenvalue weighted by atomic mass is 35.5. The minimum Gasteiger partial charge on any atom is -0.488 e. The Labute approximate surface area is 199 Å². The molecule has 2 amide bonds. The Hall–Kier alpha value is -3.09. The largest absolute Gasteiger partial charge is 0.488 e. The van der Waals surface area contributed by atoms with E-state index < -0.39 is 0 Å². The van der Waals surface area contributed by atoms with E-state index in [1.54, 1.807) is 18.2 Å². The Balaban J connectivity index is 1.26. The molecular formula is C26H28ClN3O3. The van der Waals surface area contributed by atoms with Crippen LogP contribution in [0, 0.1) is 13.8 Å². The summed E-state index contributed by atoms with van der Waals surface area (Å²) in [6.07, 6.45) is 5.38. The molecule has 0 aromatic heterocycles. The van der Waals surface area contributed by atoms with E-state index in [2.05, 4.69) is 10.2 Å². The predicted octanol–water partition coefficient (Wildman–Crippen LogP) is 4.07. The summed E-state index contributed by atoms with van der Waals surface area (Å²) in [6, 6.07) is 11.5. The Morgan fingerprint density at radius 1 is 1.09 bits per heavy atom. The predicted molar refractivity (Wildman–Crippen MR) is 132 cm³/mol. The number of ether oxygens (including phenoxy) is 1.